The van der Waals surface area contributed by atoms with Crippen LogP contribution in [0, 0.1) is 0 Å². The number of fused-ring (bicyclic) bond motifs is 6. The van der Waals surface area contributed by atoms with Gasteiger partial charge >= 0.3 is 0 Å². The molecule has 0 radical (unpaired) electrons. The van der Waals surface area contributed by atoms with Crippen LogP contribution in [0.15, 0.2) is 157 Å². The van der Waals surface area contributed by atoms with Crippen LogP contribution in [-0.4, -0.2) is 6.21 Å². The highest BCUT2D eigenvalue weighted by Gasteiger charge is 2.11. The molecule has 6 aromatic rings. The molecular weight excluding hydrogens is 520 g/mol. The zero-order valence-electron chi connectivity index (χ0n) is 24.4. The summed E-state index contributed by atoms with van der Waals surface area (Å²) in [5, 5.41) is 7.69. The van der Waals surface area contributed by atoms with Crippen molar-refractivity contribution in [2.24, 2.45) is 10.7 Å². The van der Waals surface area contributed by atoms with Gasteiger partial charge in [-0.25, -0.2) is 0 Å². The third-order valence-corrected chi connectivity index (χ3v) is 7.81. The number of benzene rings is 6. The molecule has 2 heteroatoms. The Kier molecular flexibility index (Phi) is 8.10. The van der Waals surface area contributed by atoms with E-state index in [4.69, 9.17) is 5.73 Å². The fourth-order valence-electron chi connectivity index (χ4n) is 5.73. The van der Waals surface area contributed by atoms with Gasteiger partial charge in [0.15, 0.2) is 0 Å². The van der Waals surface area contributed by atoms with Gasteiger partial charge in [-0.15, -0.1) is 0 Å². The molecule has 2 N–H and O–H groups in total. The average molecular weight is 555 g/mol. The first-order valence-corrected chi connectivity index (χ1v) is 14.6. The molecule has 0 atom stereocenters. The van der Waals surface area contributed by atoms with Crippen LogP contribution in [0.2, 0.25) is 0 Å². The number of hydrogen-bond acceptors (Lipinski definition) is 2. The van der Waals surface area contributed by atoms with Crippen LogP contribution in [0.4, 0.5) is 0 Å². The minimum atomic E-state index is 0.699. The first-order valence-electron chi connectivity index (χ1n) is 14.6. The number of rotatable bonds is 8. The summed E-state index contributed by atoms with van der Waals surface area (Å²) in [5.74, 6) is 0. The molecule has 6 rings (SSSR count). The minimum absolute atomic E-state index is 0.699. The molecule has 6 aromatic carbocycles. The molecule has 0 aliphatic heterocycles. The Hall–Kier alpha value is -5.47. The van der Waals surface area contributed by atoms with Crippen molar-refractivity contribution in [3.05, 3.63) is 163 Å². The van der Waals surface area contributed by atoms with E-state index in [-0.39, 0.29) is 0 Å². The number of allylic oxidation sites excluding steroid dienone is 5. The van der Waals surface area contributed by atoms with Gasteiger partial charge in [0.25, 0.3) is 0 Å². The van der Waals surface area contributed by atoms with Crippen LogP contribution >= 0.6 is 0 Å². The van der Waals surface area contributed by atoms with Gasteiger partial charge in [0.2, 0.25) is 0 Å². The van der Waals surface area contributed by atoms with Crippen LogP contribution in [0.5, 0.6) is 0 Å². The third-order valence-electron chi connectivity index (χ3n) is 7.81. The van der Waals surface area contributed by atoms with Gasteiger partial charge in [0, 0.05) is 24.5 Å². The SMILES string of the molecule is C=C/C=C\N=CCc1cc(/C(N)=C/C=C\C)cc(-c2cccc(-c3ccc4c5ccccc5c5ccccc5c4c3)c2)c1. The van der Waals surface area contributed by atoms with E-state index >= 15 is 0 Å². The van der Waals surface area contributed by atoms with Crippen LogP contribution in [0.1, 0.15) is 18.1 Å². The molecule has 0 aliphatic rings. The molecule has 0 saturated heterocycles. The van der Waals surface area contributed by atoms with Gasteiger partial charge in [-0.2, -0.15) is 0 Å². The fourth-order valence-corrected chi connectivity index (χ4v) is 5.73. The predicted molar refractivity (Wildman–Crippen MR) is 188 cm³/mol. The van der Waals surface area contributed by atoms with Gasteiger partial charge in [0.1, 0.15) is 0 Å². The first-order chi connectivity index (χ1) is 21.2. The summed E-state index contributed by atoms with van der Waals surface area (Å²) in [5.41, 5.74) is 14.0. The molecule has 2 nitrogen and oxygen atoms in total. The molecule has 43 heavy (non-hydrogen) atoms. The van der Waals surface area contributed by atoms with Crippen molar-refractivity contribution in [1.29, 1.82) is 0 Å². The van der Waals surface area contributed by atoms with E-state index < -0.39 is 0 Å². The second-order valence-electron chi connectivity index (χ2n) is 10.6. The lowest BCUT2D eigenvalue weighted by atomic mass is 9.91. The molecule has 0 aromatic heterocycles. The van der Waals surface area contributed by atoms with Gasteiger partial charge in [-0.05, 0) is 109 Å². The van der Waals surface area contributed by atoms with Crippen LogP contribution in [-0.2, 0) is 6.42 Å². The molecule has 0 fully saturated rings. The summed E-state index contributed by atoms with van der Waals surface area (Å²) in [6.07, 6.45) is 13.8. The lowest BCUT2D eigenvalue weighted by Crippen LogP contribution is -1.99. The van der Waals surface area contributed by atoms with E-state index in [0.29, 0.717) is 6.42 Å². The first kappa shape index (κ1) is 27.7. The zero-order valence-corrected chi connectivity index (χ0v) is 24.4. The Bertz CT molecular complexity index is 2050. The molecular formula is C41H34N2. The summed E-state index contributed by atoms with van der Waals surface area (Å²) < 4.78 is 0. The largest absolute Gasteiger partial charge is 0.398 e. The monoisotopic (exact) mass is 554 g/mol. The summed E-state index contributed by atoms with van der Waals surface area (Å²) in [7, 11) is 0. The van der Waals surface area contributed by atoms with E-state index in [2.05, 4.69) is 121 Å². The summed E-state index contributed by atoms with van der Waals surface area (Å²) in [4.78, 5) is 4.37. The summed E-state index contributed by atoms with van der Waals surface area (Å²) in [6.45, 7) is 5.69. The second kappa shape index (κ2) is 12.6. The normalized spacial score (nSPS) is 12.4. The number of nitrogens with two attached hydrogens (primary N) is 1. The molecule has 208 valence electrons. The Morgan fingerprint density at radius 1 is 0.651 bits per heavy atom. The minimum Gasteiger partial charge on any atom is -0.398 e. The molecule has 0 saturated carbocycles. The van der Waals surface area contributed by atoms with Crippen molar-refractivity contribution in [3.63, 3.8) is 0 Å². The lowest BCUT2D eigenvalue weighted by Gasteiger charge is -2.13. The Labute approximate surface area is 253 Å². The van der Waals surface area contributed by atoms with Crippen LogP contribution in [0.25, 0.3) is 60.3 Å². The Morgan fingerprint density at radius 2 is 1.28 bits per heavy atom. The number of nitrogens with zero attached hydrogens (tertiary/aromatic N) is 1. The van der Waals surface area contributed by atoms with E-state index in [1.165, 1.54) is 43.4 Å². The molecule has 0 unspecified atom stereocenters. The van der Waals surface area contributed by atoms with Crippen molar-refractivity contribution in [1.82, 2.24) is 0 Å². The van der Waals surface area contributed by atoms with E-state index in [0.717, 1.165) is 28.0 Å². The predicted octanol–water partition coefficient (Wildman–Crippen LogP) is 10.7. The van der Waals surface area contributed by atoms with Gasteiger partial charge in [-0.3, -0.25) is 4.99 Å². The Morgan fingerprint density at radius 3 is 1.95 bits per heavy atom. The quantitative estimate of drug-likeness (QED) is 0.113. The van der Waals surface area contributed by atoms with E-state index in [9.17, 15) is 0 Å². The topological polar surface area (TPSA) is 38.4 Å². The summed E-state index contributed by atoms with van der Waals surface area (Å²) >= 11 is 0. The van der Waals surface area contributed by atoms with Crippen molar-refractivity contribution in [2.75, 3.05) is 0 Å². The molecule has 0 heterocycles. The van der Waals surface area contributed by atoms with E-state index in [1.807, 2.05) is 37.4 Å². The van der Waals surface area contributed by atoms with Crippen molar-refractivity contribution in [3.8, 4) is 22.3 Å². The maximum atomic E-state index is 6.50. The lowest BCUT2D eigenvalue weighted by molar-refractivity contribution is 1.33. The van der Waals surface area contributed by atoms with Gasteiger partial charge in [-0.1, -0.05) is 110 Å². The molecule has 0 spiro atoms. The van der Waals surface area contributed by atoms with Crippen molar-refractivity contribution >= 4 is 44.2 Å². The van der Waals surface area contributed by atoms with Crippen molar-refractivity contribution < 1.29 is 0 Å². The number of aliphatic imine (C=N–C) groups is 1. The highest BCUT2D eigenvalue weighted by atomic mass is 14.7. The summed E-state index contributed by atoms with van der Waals surface area (Å²) in [6, 6.07) is 39.6. The molecule has 0 bridgehead atoms. The smallest absolute Gasteiger partial charge is 0.0387 e. The highest BCUT2D eigenvalue weighted by molar-refractivity contribution is 6.25. The fraction of sp³-hybridized carbons (Fsp3) is 0.0488. The van der Waals surface area contributed by atoms with E-state index in [1.54, 1.807) is 12.3 Å². The maximum Gasteiger partial charge on any atom is 0.0387 e. The number of hydrogen-bond donors (Lipinski definition) is 1. The highest BCUT2D eigenvalue weighted by Crippen LogP contribution is 2.37. The van der Waals surface area contributed by atoms with Crippen molar-refractivity contribution in [2.45, 2.75) is 13.3 Å². The second-order valence-corrected chi connectivity index (χ2v) is 10.6. The molecule has 0 amide bonds. The third kappa shape index (κ3) is 5.82. The standard InChI is InChI=1S/C41H34N2/c1-3-5-18-41(42)34-25-29(21-23-43-22-6-4-2)24-33(27-34)31-13-11-12-30(26-31)32-19-20-39-37-16-8-7-14-35(37)36-15-9-10-17-38(36)40(39)28-32/h3-20,22-28H,2,21,42H2,1H3/b5-3-,22-6-,41-18-,43-23?. The van der Waals surface area contributed by atoms with Gasteiger partial charge < -0.3 is 5.73 Å². The maximum absolute atomic E-state index is 6.50. The molecule has 0 aliphatic carbocycles. The van der Waals surface area contributed by atoms with Gasteiger partial charge in [0.05, 0.1) is 0 Å². The van der Waals surface area contributed by atoms with Crippen LogP contribution < -0.4 is 5.73 Å². The Balaban J connectivity index is 1.45. The average Bonchev–Trinajstić information content (AvgIpc) is 3.07. The van der Waals surface area contributed by atoms with Crippen LogP contribution in [0.3, 0.4) is 0 Å². The zero-order chi connectivity index (χ0) is 29.6.